The molecule has 1 N–H and O–H groups in total. The molecule has 0 aromatic heterocycles. The van der Waals surface area contributed by atoms with Crippen molar-refractivity contribution in [1.82, 2.24) is 0 Å². The summed E-state index contributed by atoms with van der Waals surface area (Å²) in [7, 11) is 0. The minimum absolute atomic E-state index is 0.312. The minimum Gasteiger partial charge on any atom is -0.456 e. The maximum atomic E-state index is 13.4. The molecular weight excluding hydrogens is 484 g/mol. The molecule has 1 atom stereocenters. The molecule has 0 saturated carbocycles. The smallest absolute Gasteiger partial charge is 0.340 e. The fourth-order valence-corrected chi connectivity index (χ4v) is 5.80. The van der Waals surface area contributed by atoms with Crippen molar-refractivity contribution in [3.8, 4) is 11.5 Å². The van der Waals surface area contributed by atoms with E-state index in [-0.39, 0.29) is 5.97 Å². The second-order valence-corrected chi connectivity index (χ2v) is 10.8. The molecule has 5 heteroatoms. The first-order valence-corrected chi connectivity index (χ1v) is 13.8. The van der Waals surface area contributed by atoms with Gasteiger partial charge in [-0.15, -0.1) is 0 Å². The van der Waals surface area contributed by atoms with Crippen LogP contribution < -0.4 is 15.0 Å². The highest BCUT2D eigenvalue weighted by Crippen LogP contribution is 2.59. The summed E-state index contributed by atoms with van der Waals surface area (Å²) < 4.78 is 13.2. The Morgan fingerprint density at radius 3 is 2.44 bits per heavy atom. The molecule has 0 saturated heterocycles. The average molecular weight is 519 g/mol. The van der Waals surface area contributed by atoms with Crippen LogP contribution in [0.1, 0.15) is 59.8 Å². The number of carbonyl (C=O) groups excluding carboxylic acids is 1. The first-order valence-electron chi connectivity index (χ1n) is 13.8. The normalized spacial score (nSPS) is 16.8. The summed E-state index contributed by atoms with van der Waals surface area (Å²) in [5.41, 5.74) is 6.10. The Labute approximate surface area is 230 Å². The van der Waals surface area contributed by atoms with Crippen LogP contribution in [0.15, 0.2) is 84.9 Å². The van der Waals surface area contributed by atoms with Crippen LogP contribution in [0.3, 0.4) is 0 Å². The highest BCUT2D eigenvalue weighted by Gasteiger charge is 2.55. The summed E-state index contributed by atoms with van der Waals surface area (Å²) >= 11 is 0. The van der Waals surface area contributed by atoms with Crippen LogP contribution in [-0.2, 0) is 10.3 Å². The summed E-state index contributed by atoms with van der Waals surface area (Å²) in [4.78, 5) is 15.8. The third-order valence-corrected chi connectivity index (χ3v) is 7.81. The van der Waals surface area contributed by atoms with E-state index in [9.17, 15) is 4.79 Å². The number of ether oxygens (including phenoxy) is 2. The molecule has 2 aliphatic heterocycles. The Morgan fingerprint density at radius 1 is 0.897 bits per heavy atom. The van der Waals surface area contributed by atoms with Crippen molar-refractivity contribution in [2.24, 2.45) is 5.92 Å². The third-order valence-electron chi connectivity index (χ3n) is 7.81. The van der Waals surface area contributed by atoms with E-state index >= 15 is 0 Å². The number of para-hydroxylation sites is 1. The van der Waals surface area contributed by atoms with Gasteiger partial charge in [0.1, 0.15) is 11.5 Å². The first-order chi connectivity index (χ1) is 18.9. The highest BCUT2D eigenvalue weighted by molar-refractivity contribution is 5.97. The molecule has 4 aromatic carbocycles. The largest absolute Gasteiger partial charge is 0.456 e. The number of esters is 1. The van der Waals surface area contributed by atoms with Crippen LogP contribution in [-0.4, -0.2) is 19.1 Å². The number of carbonyl (C=O) groups is 1. The summed E-state index contributed by atoms with van der Waals surface area (Å²) in [5, 5.41) is 3.52. The van der Waals surface area contributed by atoms with Gasteiger partial charge in [-0.05, 0) is 68.1 Å². The number of hydrogen-bond donors (Lipinski definition) is 1. The SMILES string of the molecule is CCN(CCC(C)C)c1cccc2c1C1(OC(=O)c3ccccc31)c1cc(C)c(Nc3ccccc3)cc1O2. The van der Waals surface area contributed by atoms with Crippen molar-refractivity contribution in [3.63, 3.8) is 0 Å². The lowest BCUT2D eigenvalue weighted by atomic mass is 9.76. The molecule has 0 fully saturated rings. The van der Waals surface area contributed by atoms with E-state index < -0.39 is 5.60 Å². The molecular formula is C34H34N2O3. The van der Waals surface area contributed by atoms with Crippen molar-refractivity contribution in [2.45, 2.75) is 39.7 Å². The second kappa shape index (κ2) is 9.81. The van der Waals surface area contributed by atoms with E-state index in [4.69, 9.17) is 9.47 Å². The molecule has 198 valence electrons. The number of hydrogen-bond acceptors (Lipinski definition) is 5. The predicted octanol–water partition coefficient (Wildman–Crippen LogP) is 8.18. The van der Waals surface area contributed by atoms with Crippen LogP contribution in [0.4, 0.5) is 17.1 Å². The number of aryl methyl sites for hydroxylation is 1. The number of nitrogens with one attached hydrogen (secondary N) is 1. The van der Waals surface area contributed by atoms with E-state index in [1.807, 2.05) is 72.8 Å². The lowest BCUT2D eigenvalue weighted by molar-refractivity contribution is 0.0226. The summed E-state index contributed by atoms with van der Waals surface area (Å²) in [6.45, 7) is 10.5. The van der Waals surface area contributed by atoms with E-state index in [0.29, 0.717) is 23.0 Å². The Kier molecular flexibility index (Phi) is 6.30. The van der Waals surface area contributed by atoms with Crippen molar-refractivity contribution in [1.29, 1.82) is 0 Å². The number of rotatable bonds is 7. The Balaban J connectivity index is 1.58. The van der Waals surface area contributed by atoms with Gasteiger partial charge in [-0.25, -0.2) is 4.79 Å². The molecule has 0 amide bonds. The minimum atomic E-state index is -1.10. The lowest BCUT2D eigenvalue weighted by Crippen LogP contribution is -2.36. The molecule has 4 aromatic rings. The number of fused-ring (bicyclic) bond motifs is 6. The number of nitrogens with zero attached hydrogens (tertiary/aromatic N) is 1. The van der Waals surface area contributed by atoms with Gasteiger partial charge in [-0.2, -0.15) is 0 Å². The second-order valence-electron chi connectivity index (χ2n) is 10.8. The molecule has 2 heterocycles. The summed E-state index contributed by atoms with van der Waals surface area (Å²) in [5.74, 6) is 1.65. The summed E-state index contributed by atoms with van der Waals surface area (Å²) in [6, 6.07) is 28.1. The summed E-state index contributed by atoms with van der Waals surface area (Å²) in [6.07, 6.45) is 1.06. The zero-order valence-corrected chi connectivity index (χ0v) is 23.0. The Morgan fingerprint density at radius 2 is 1.67 bits per heavy atom. The molecule has 0 bridgehead atoms. The van der Waals surface area contributed by atoms with Crippen molar-refractivity contribution in [3.05, 3.63) is 113 Å². The van der Waals surface area contributed by atoms with Crippen molar-refractivity contribution in [2.75, 3.05) is 23.3 Å². The van der Waals surface area contributed by atoms with E-state index in [1.54, 1.807) is 0 Å². The maximum absolute atomic E-state index is 13.4. The average Bonchev–Trinajstić information content (AvgIpc) is 3.23. The van der Waals surface area contributed by atoms with Crippen LogP contribution in [0, 0.1) is 12.8 Å². The molecule has 1 spiro atoms. The van der Waals surface area contributed by atoms with E-state index in [0.717, 1.165) is 58.8 Å². The van der Waals surface area contributed by atoms with Crippen LogP contribution in [0.25, 0.3) is 0 Å². The Hall–Kier alpha value is -4.25. The zero-order chi connectivity index (χ0) is 27.1. The van der Waals surface area contributed by atoms with Crippen molar-refractivity contribution >= 4 is 23.0 Å². The van der Waals surface area contributed by atoms with Gasteiger partial charge in [0.15, 0.2) is 5.60 Å². The first kappa shape index (κ1) is 25.1. The van der Waals surface area contributed by atoms with Gasteiger partial charge in [0.05, 0.1) is 11.1 Å². The van der Waals surface area contributed by atoms with Gasteiger partial charge in [-0.1, -0.05) is 56.3 Å². The maximum Gasteiger partial charge on any atom is 0.340 e. The van der Waals surface area contributed by atoms with Crippen LogP contribution in [0.2, 0.25) is 0 Å². The van der Waals surface area contributed by atoms with Gasteiger partial charge in [0.25, 0.3) is 0 Å². The lowest BCUT2D eigenvalue weighted by Gasteiger charge is -2.40. The van der Waals surface area contributed by atoms with E-state index in [2.05, 4.69) is 50.0 Å². The molecule has 39 heavy (non-hydrogen) atoms. The van der Waals surface area contributed by atoms with Gasteiger partial charge < -0.3 is 19.7 Å². The fourth-order valence-electron chi connectivity index (χ4n) is 5.80. The van der Waals surface area contributed by atoms with Crippen molar-refractivity contribution < 1.29 is 14.3 Å². The van der Waals surface area contributed by atoms with E-state index in [1.165, 1.54) is 0 Å². The fraction of sp³-hybridized carbons (Fsp3) is 0.265. The van der Waals surface area contributed by atoms with Gasteiger partial charge >= 0.3 is 5.97 Å². The van der Waals surface area contributed by atoms with Gasteiger partial charge in [-0.3, -0.25) is 0 Å². The third kappa shape index (κ3) is 4.13. The molecule has 6 rings (SSSR count). The monoisotopic (exact) mass is 518 g/mol. The van der Waals surface area contributed by atoms with Crippen LogP contribution in [0.5, 0.6) is 11.5 Å². The molecule has 1 unspecified atom stereocenters. The molecule has 2 aliphatic rings. The molecule has 5 nitrogen and oxygen atoms in total. The number of anilines is 3. The van der Waals surface area contributed by atoms with Gasteiger partial charge in [0, 0.05) is 47.3 Å². The molecule has 0 radical (unpaired) electrons. The van der Waals surface area contributed by atoms with Gasteiger partial charge in [0.2, 0.25) is 0 Å². The number of benzene rings is 4. The Bertz CT molecular complexity index is 1550. The standard InChI is InChI=1S/C34H34N2O3/c1-5-36(19-18-22(2)3)29-16-11-17-30-32(29)34(26-15-10-9-14-25(26)33(37)39-34)27-20-23(4)28(21-31(27)38-30)35-24-12-7-6-8-13-24/h6-17,20-22,35H,5,18-19H2,1-4H3. The quantitative estimate of drug-likeness (QED) is 0.250. The molecule has 0 aliphatic carbocycles. The highest BCUT2D eigenvalue weighted by atomic mass is 16.6. The zero-order valence-electron chi connectivity index (χ0n) is 23.0. The predicted molar refractivity (Wildman–Crippen MR) is 157 cm³/mol. The van der Waals surface area contributed by atoms with Crippen LogP contribution >= 0.6 is 0 Å². The topological polar surface area (TPSA) is 50.8 Å².